The molecule has 0 saturated heterocycles. The number of hydrogen-bond donors (Lipinski definition) is 0. The lowest BCUT2D eigenvalue weighted by Gasteiger charge is -2.17. The topological polar surface area (TPSA) is 47.4 Å². The first kappa shape index (κ1) is 18.6. The monoisotopic (exact) mass is 367 g/mol. The number of aromatic nitrogens is 2. The Morgan fingerprint density at radius 2 is 1.85 bits per heavy atom. The number of likely N-dealkylation sites (N-methyl/N-ethyl adjacent to an activating group) is 1. The van der Waals surface area contributed by atoms with Gasteiger partial charge in [0.1, 0.15) is 6.61 Å². The van der Waals surface area contributed by atoms with E-state index in [1.54, 1.807) is 41.0 Å². The molecule has 27 heavy (non-hydrogen) atoms. The third kappa shape index (κ3) is 4.00. The van der Waals surface area contributed by atoms with Crippen LogP contribution < -0.4 is 4.74 Å². The van der Waals surface area contributed by atoms with E-state index in [4.69, 9.17) is 4.74 Å². The summed E-state index contributed by atoms with van der Waals surface area (Å²) in [5, 5.41) is 4.38. The lowest BCUT2D eigenvalue weighted by atomic mass is 10.2. The average Bonchev–Trinajstić information content (AvgIpc) is 3.04. The van der Waals surface area contributed by atoms with Crippen LogP contribution in [0.1, 0.15) is 21.6 Å². The van der Waals surface area contributed by atoms with Gasteiger partial charge in [-0.3, -0.25) is 4.79 Å². The minimum Gasteiger partial charge on any atom is -0.489 e. The van der Waals surface area contributed by atoms with Gasteiger partial charge in [-0.2, -0.15) is 5.10 Å². The highest BCUT2D eigenvalue weighted by Gasteiger charge is 2.19. The lowest BCUT2D eigenvalue weighted by molar-refractivity contribution is 0.0772. The number of benzene rings is 2. The van der Waals surface area contributed by atoms with Crippen LogP contribution in [0.4, 0.5) is 4.39 Å². The summed E-state index contributed by atoms with van der Waals surface area (Å²) >= 11 is 0. The second-order valence-electron chi connectivity index (χ2n) is 6.35. The van der Waals surface area contributed by atoms with E-state index in [1.807, 2.05) is 38.1 Å². The zero-order chi connectivity index (χ0) is 19.4. The molecule has 0 aliphatic rings. The molecule has 2 aromatic carbocycles. The Bertz CT molecular complexity index is 952. The molecular formula is C21H22FN3O2. The van der Waals surface area contributed by atoms with Crippen molar-refractivity contribution in [1.29, 1.82) is 0 Å². The summed E-state index contributed by atoms with van der Waals surface area (Å²) in [6.45, 7) is 4.41. The van der Waals surface area contributed by atoms with Gasteiger partial charge in [0.2, 0.25) is 0 Å². The molecule has 1 aromatic heterocycles. The molecule has 0 fully saturated rings. The predicted octanol–water partition coefficient (Wildman–Crippen LogP) is 3.78. The summed E-state index contributed by atoms with van der Waals surface area (Å²) in [6, 6.07) is 14.1. The summed E-state index contributed by atoms with van der Waals surface area (Å²) < 4.78 is 20.8. The van der Waals surface area contributed by atoms with Crippen molar-refractivity contribution in [2.24, 2.45) is 0 Å². The minimum atomic E-state index is -0.415. The van der Waals surface area contributed by atoms with Gasteiger partial charge in [0, 0.05) is 7.05 Å². The van der Waals surface area contributed by atoms with E-state index in [2.05, 4.69) is 5.10 Å². The quantitative estimate of drug-likeness (QED) is 0.666. The summed E-state index contributed by atoms with van der Waals surface area (Å²) in [7, 11) is 1.69. The van der Waals surface area contributed by atoms with Crippen molar-refractivity contribution in [1.82, 2.24) is 14.7 Å². The molecule has 140 valence electrons. The van der Waals surface area contributed by atoms with Crippen molar-refractivity contribution < 1.29 is 13.9 Å². The highest BCUT2D eigenvalue weighted by Crippen LogP contribution is 2.19. The van der Waals surface area contributed by atoms with Crippen LogP contribution in [-0.4, -0.2) is 40.8 Å². The van der Waals surface area contributed by atoms with Crippen LogP contribution in [-0.2, 0) is 0 Å². The van der Waals surface area contributed by atoms with Gasteiger partial charge in [0.25, 0.3) is 5.91 Å². The number of para-hydroxylation sites is 2. The first-order chi connectivity index (χ1) is 13.0. The number of rotatable bonds is 6. The van der Waals surface area contributed by atoms with Crippen LogP contribution in [0.15, 0.2) is 54.7 Å². The third-order valence-corrected chi connectivity index (χ3v) is 4.45. The van der Waals surface area contributed by atoms with Crippen molar-refractivity contribution in [3.63, 3.8) is 0 Å². The van der Waals surface area contributed by atoms with Gasteiger partial charge in [0.15, 0.2) is 11.6 Å². The Morgan fingerprint density at radius 1 is 1.15 bits per heavy atom. The Morgan fingerprint density at radius 3 is 2.59 bits per heavy atom. The van der Waals surface area contributed by atoms with E-state index < -0.39 is 5.82 Å². The largest absolute Gasteiger partial charge is 0.489 e. The van der Waals surface area contributed by atoms with Crippen molar-refractivity contribution in [2.45, 2.75) is 13.8 Å². The van der Waals surface area contributed by atoms with Crippen molar-refractivity contribution in [3.05, 3.63) is 77.4 Å². The molecule has 0 unspecified atom stereocenters. The zero-order valence-electron chi connectivity index (χ0n) is 15.6. The Balaban J connectivity index is 1.67. The van der Waals surface area contributed by atoms with E-state index in [1.165, 1.54) is 6.07 Å². The van der Waals surface area contributed by atoms with Crippen LogP contribution in [0, 0.1) is 19.7 Å². The first-order valence-corrected chi connectivity index (χ1v) is 8.72. The number of ether oxygens (including phenoxy) is 1. The zero-order valence-corrected chi connectivity index (χ0v) is 15.6. The van der Waals surface area contributed by atoms with Crippen LogP contribution in [0.3, 0.4) is 0 Å². The third-order valence-electron chi connectivity index (χ3n) is 4.45. The van der Waals surface area contributed by atoms with E-state index >= 15 is 0 Å². The SMILES string of the molecule is Cc1ccccc1-n1ncc(C(=O)N(C)CCOc2ccccc2F)c1C. The van der Waals surface area contributed by atoms with Crippen molar-refractivity contribution >= 4 is 5.91 Å². The number of hydrogen-bond acceptors (Lipinski definition) is 3. The molecule has 0 aliphatic carbocycles. The van der Waals surface area contributed by atoms with Gasteiger partial charge in [-0.25, -0.2) is 9.07 Å². The van der Waals surface area contributed by atoms with E-state index in [0.717, 1.165) is 16.9 Å². The maximum absolute atomic E-state index is 13.6. The Kier molecular flexibility index (Phi) is 5.54. The molecule has 3 rings (SSSR count). The molecule has 0 N–H and O–H groups in total. The molecule has 0 saturated carbocycles. The molecule has 0 atom stereocenters. The molecule has 3 aromatic rings. The Hall–Kier alpha value is -3.15. The molecule has 0 spiro atoms. The average molecular weight is 367 g/mol. The fourth-order valence-corrected chi connectivity index (χ4v) is 2.82. The smallest absolute Gasteiger partial charge is 0.257 e. The molecular weight excluding hydrogens is 345 g/mol. The predicted molar refractivity (Wildman–Crippen MR) is 102 cm³/mol. The fraction of sp³-hybridized carbons (Fsp3) is 0.238. The van der Waals surface area contributed by atoms with Crippen molar-refractivity contribution in [2.75, 3.05) is 20.2 Å². The molecule has 1 amide bonds. The number of amides is 1. The molecule has 0 aliphatic heterocycles. The number of nitrogens with zero attached hydrogens (tertiary/aromatic N) is 3. The fourth-order valence-electron chi connectivity index (χ4n) is 2.82. The van der Waals surface area contributed by atoms with E-state index in [0.29, 0.717) is 12.1 Å². The van der Waals surface area contributed by atoms with Gasteiger partial charge in [0.05, 0.1) is 29.7 Å². The van der Waals surface area contributed by atoms with Crippen molar-refractivity contribution in [3.8, 4) is 11.4 Å². The van der Waals surface area contributed by atoms with Crippen LogP contribution in [0.25, 0.3) is 5.69 Å². The lowest BCUT2D eigenvalue weighted by Crippen LogP contribution is -2.31. The van der Waals surface area contributed by atoms with E-state index in [-0.39, 0.29) is 18.3 Å². The summed E-state index contributed by atoms with van der Waals surface area (Å²) in [4.78, 5) is 14.3. The second-order valence-corrected chi connectivity index (χ2v) is 6.35. The number of carbonyl (C=O) groups excluding carboxylic acids is 1. The summed E-state index contributed by atoms with van der Waals surface area (Å²) in [5.41, 5.74) is 3.33. The Labute approximate surface area is 158 Å². The van der Waals surface area contributed by atoms with Gasteiger partial charge in [-0.05, 0) is 37.6 Å². The van der Waals surface area contributed by atoms with Gasteiger partial charge in [-0.1, -0.05) is 30.3 Å². The van der Waals surface area contributed by atoms with Gasteiger partial charge < -0.3 is 9.64 Å². The minimum absolute atomic E-state index is 0.149. The summed E-state index contributed by atoms with van der Waals surface area (Å²) in [5.74, 6) is -0.381. The number of halogens is 1. The highest BCUT2D eigenvalue weighted by atomic mass is 19.1. The molecule has 0 radical (unpaired) electrons. The highest BCUT2D eigenvalue weighted by molar-refractivity contribution is 5.95. The molecule has 5 nitrogen and oxygen atoms in total. The van der Waals surface area contributed by atoms with E-state index in [9.17, 15) is 9.18 Å². The first-order valence-electron chi connectivity index (χ1n) is 8.72. The van der Waals surface area contributed by atoms with Gasteiger partial charge in [-0.15, -0.1) is 0 Å². The maximum atomic E-state index is 13.6. The molecule has 0 bridgehead atoms. The van der Waals surface area contributed by atoms with Gasteiger partial charge >= 0.3 is 0 Å². The maximum Gasteiger partial charge on any atom is 0.257 e. The molecule has 6 heteroatoms. The normalized spacial score (nSPS) is 10.7. The second kappa shape index (κ2) is 8.03. The number of aryl methyl sites for hydroxylation is 1. The van der Waals surface area contributed by atoms with Crippen LogP contribution >= 0.6 is 0 Å². The number of carbonyl (C=O) groups is 1. The van der Waals surface area contributed by atoms with Crippen LogP contribution in [0.2, 0.25) is 0 Å². The standard InChI is InChI=1S/C21H22FN3O2/c1-15-8-4-6-10-19(15)25-16(2)17(14-23-25)21(26)24(3)12-13-27-20-11-7-5-9-18(20)22/h4-11,14H,12-13H2,1-3H3. The van der Waals surface area contributed by atoms with Crippen LogP contribution in [0.5, 0.6) is 5.75 Å². The molecule has 1 heterocycles. The summed E-state index contributed by atoms with van der Waals surface area (Å²) in [6.07, 6.45) is 1.58.